The van der Waals surface area contributed by atoms with Crippen LogP contribution in [0.15, 0.2) is 35.9 Å². The summed E-state index contributed by atoms with van der Waals surface area (Å²) in [7, 11) is 0. The van der Waals surface area contributed by atoms with Gasteiger partial charge in [-0.2, -0.15) is 0 Å². The summed E-state index contributed by atoms with van der Waals surface area (Å²) in [6, 6.07) is 8.72. The van der Waals surface area contributed by atoms with Gasteiger partial charge in [-0.15, -0.1) is 0 Å². The molecule has 1 atom stereocenters. The van der Waals surface area contributed by atoms with Gasteiger partial charge in [-0.1, -0.05) is 0 Å². The Balaban J connectivity index is 2.32. The van der Waals surface area contributed by atoms with Crippen molar-refractivity contribution in [3.63, 3.8) is 0 Å². The number of fused-ring (bicyclic) bond motifs is 2. The van der Waals surface area contributed by atoms with Crippen LogP contribution in [0.1, 0.15) is 6.92 Å². The fraction of sp³-hybridized carbons (Fsp3) is 0.286. The molecule has 0 bridgehead atoms. The first-order valence-electron chi connectivity index (χ1n) is 5.32. The van der Waals surface area contributed by atoms with E-state index in [1.54, 1.807) is 5.57 Å². The summed E-state index contributed by atoms with van der Waals surface area (Å²) in [6.07, 6.45) is 7.33. The van der Waals surface area contributed by atoms with Crippen LogP contribution in [0.5, 0.6) is 0 Å². The number of allylic oxidation sites excluding steroid dienone is 2. The first kappa shape index (κ1) is 9.64. The summed E-state index contributed by atoms with van der Waals surface area (Å²) >= 11 is 0.401. The van der Waals surface area contributed by atoms with Crippen molar-refractivity contribution < 1.29 is 21.2 Å². The predicted molar refractivity (Wildman–Crippen MR) is 60.5 cm³/mol. The second kappa shape index (κ2) is 3.48. The van der Waals surface area contributed by atoms with Crippen molar-refractivity contribution >= 4 is 12.2 Å². The Bertz CT molecular complexity index is 539. The molecule has 3 rings (SSSR count). The zero-order chi connectivity index (χ0) is 10.3. The quantitative estimate of drug-likeness (QED) is 0.396. The Morgan fingerprint density at radius 2 is 2.00 bits per heavy atom. The molecule has 0 saturated carbocycles. The van der Waals surface area contributed by atoms with E-state index < -0.39 is 0 Å². The summed E-state index contributed by atoms with van der Waals surface area (Å²) in [5.41, 5.74) is 1.90. The zero-order valence-corrected chi connectivity index (χ0v) is 11.0. The number of rotatable bonds is 0. The summed E-state index contributed by atoms with van der Waals surface area (Å²) in [5, 5.41) is 2.81. The van der Waals surface area contributed by atoms with E-state index in [2.05, 4.69) is 49.4 Å². The van der Waals surface area contributed by atoms with E-state index in [9.17, 15) is 0 Å². The van der Waals surface area contributed by atoms with Crippen LogP contribution >= 0.6 is 0 Å². The third-order valence-electron chi connectivity index (χ3n) is 3.22. The van der Waals surface area contributed by atoms with Crippen molar-refractivity contribution in [1.82, 2.24) is 0 Å². The number of halogens is 1. The van der Waals surface area contributed by atoms with Crippen LogP contribution < -0.4 is 31.6 Å². The van der Waals surface area contributed by atoms with Crippen molar-refractivity contribution in [3.05, 3.63) is 46.4 Å². The van der Waals surface area contributed by atoms with Gasteiger partial charge in [-0.05, 0) is 0 Å². The zero-order valence-electron chi connectivity index (χ0n) is 8.83. The minimum atomic E-state index is 0.347. The molecule has 0 aromatic heterocycles. The van der Waals surface area contributed by atoms with Crippen molar-refractivity contribution in [3.8, 4) is 0 Å². The molecule has 1 aliphatic heterocycles. The summed E-state index contributed by atoms with van der Waals surface area (Å²) in [4.78, 5) is 0. The molecule has 1 aromatic carbocycles. The molecule has 0 saturated heterocycles. The molecule has 0 N–H and O–H groups in total. The molecule has 0 amide bonds. The topological polar surface area (TPSA) is 0 Å². The molecule has 1 heterocycles. The molecule has 1 aliphatic carbocycles. The van der Waals surface area contributed by atoms with Crippen molar-refractivity contribution in [2.45, 2.75) is 6.92 Å². The van der Waals surface area contributed by atoms with E-state index in [1.165, 1.54) is 19.3 Å². The second-order valence-corrected chi connectivity index (χ2v) is 7.19. The molecule has 1 heteroatoms. The molecular formula is C14H14I-. The van der Waals surface area contributed by atoms with E-state index >= 15 is 0 Å². The Hall–Kier alpha value is -0.570. The van der Waals surface area contributed by atoms with Crippen LogP contribution in [0.4, 0.5) is 0 Å². The average molecular weight is 309 g/mol. The molecule has 0 nitrogen and oxygen atoms in total. The fourth-order valence-corrected chi connectivity index (χ4v) is 5.21. The van der Waals surface area contributed by atoms with Gasteiger partial charge in [-0.25, -0.2) is 0 Å². The number of hydrogen-bond acceptors (Lipinski definition) is 0. The molecule has 1 aromatic rings. The van der Waals surface area contributed by atoms with Crippen LogP contribution in [0.25, 0.3) is 12.2 Å². The standard InChI is InChI=1S/C14H14I/c1-14-9-12-5-3-2-4-11(12)8-13(14)6-7-15-10-14/h2-6,8-9H,7,10H2,1H3/q-1. The van der Waals surface area contributed by atoms with Crippen molar-refractivity contribution in [2.75, 3.05) is 8.86 Å². The maximum atomic E-state index is 2.48. The number of benzene rings is 1. The predicted octanol–water partition coefficient (Wildman–Crippen LogP) is -1.70. The van der Waals surface area contributed by atoms with Gasteiger partial charge in [0.1, 0.15) is 0 Å². The van der Waals surface area contributed by atoms with Gasteiger partial charge < -0.3 is 0 Å². The summed E-state index contributed by atoms with van der Waals surface area (Å²) < 4.78 is 2.76. The third-order valence-corrected chi connectivity index (χ3v) is 6.41. The first-order valence-corrected chi connectivity index (χ1v) is 8.37. The Morgan fingerprint density at radius 3 is 2.87 bits per heavy atom. The molecule has 1 unspecified atom stereocenters. The van der Waals surface area contributed by atoms with Crippen LogP contribution in [0.3, 0.4) is 0 Å². The van der Waals surface area contributed by atoms with E-state index in [-0.39, 0.29) is 0 Å². The molecule has 0 fully saturated rings. The first-order chi connectivity index (χ1) is 7.28. The van der Waals surface area contributed by atoms with E-state index in [0.717, 1.165) is 0 Å². The Labute approximate surface area is 101 Å². The van der Waals surface area contributed by atoms with E-state index in [4.69, 9.17) is 0 Å². The van der Waals surface area contributed by atoms with Gasteiger partial charge in [0.05, 0.1) is 0 Å². The van der Waals surface area contributed by atoms with Crippen molar-refractivity contribution in [1.29, 1.82) is 0 Å². The molecular weight excluding hydrogens is 295 g/mol. The molecule has 0 spiro atoms. The van der Waals surface area contributed by atoms with Gasteiger partial charge in [0.25, 0.3) is 0 Å². The Kier molecular flexibility index (Phi) is 2.23. The fourth-order valence-electron chi connectivity index (χ4n) is 2.33. The van der Waals surface area contributed by atoms with Crippen LogP contribution in [-0.2, 0) is 0 Å². The summed E-state index contributed by atoms with van der Waals surface area (Å²) in [6.45, 7) is 2.39. The molecule has 2 aliphatic rings. The van der Waals surface area contributed by atoms with Crippen LogP contribution in [0, 0.1) is 5.41 Å². The monoisotopic (exact) mass is 309 g/mol. The Morgan fingerprint density at radius 1 is 1.20 bits per heavy atom. The van der Waals surface area contributed by atoms with Crippen molar-refractivity contribution in [2.24, 2.45) is 5.41 Å². The van der Waals surface area contributed by atoms with Crippen LogP contribution in [0.2, 0.25) is 0 Å². The normalized spacial score (nSPS) is 28.5. The number of alkyl halides is 2. The SMILES string of the molecule is CC12C=c3ccccc3=CC1=CC[I-]C2. The van der Waals surface area contributed by atoms with Gasteiger partial charge in [-0.3, -0.25) is 0 Å². The third kappa shape index (κ3) is 1.57. The molecule has 78 valence electrons. The molecule has 0 radical (unpaired) electrons. The number of hydrogen-bond donors (Lipinski definition) is 0. The van der Waals surface area contributed by atoms with Gasteiger partial charge in [0.2, 0.25) is 0 Å². The minimum absolute atomic E-state index is 0.347. The van der Waals surface area contributed by atoms with E-state index in [0.29, 0.717) is 26.6 Å². The van der Waals surface area contributed by atoms with E-state index in [1.807, 2.05) is 0 Å². The van der Waals surface area contributed by atoms with Gasteiger partial charge >= 0.3 is 101 Å². The average Bonchev–Trinajstić information content (AvgIpc) is 2.25. The van der Waals surface area contributed by atoms with Gasteiger partial charge in [0.15, 0.2) is 0 Å². The van der Waals surface area contributed by atoms with Crippen LogP contribution in [-0.4, -0.2) is 8.86 Å². The summed E-state index contributed by atoms with van der Waals surface area (Å²) in [5.74, 6) is 0. The molecule has 15 heavy (non-hydrogen) atoms. The second-order valence-electron chi connectivity index (χ2n) is 4.47. The van der Waals surface area contributed by atoms with Gasteiger partial charge in [0, 0.05) is 0 Å². The maximum absolute atomic E-state index is 2.48.